The minimum absolute atomic E-state index is 0.0822. The van der Waals surface area contributed by atoms with Crippen molar-refractivity contribution < 1.29 is 14.3 Å². The average molecular weight is 513 g/mol. The maximum Gasteiger partial charge on any atom is 0.250 e. The number of para-hydroxylation sites is 2. The zero-order valence-electron chi connectivity index (χ0n) is 17.4. The number of hydrazone groups is 1. The Morgan fingerprint density at radius 1 is 1.38 bits per heavy atom. The number of aromatic nitrogens is 2. The summed E-state index contributed by atoms with van der Waals surface area (Å²) in [6, 6.07) is 9.63. The lowest BCUT2D eigenvalue weighted by molar-refractivity contribution is -0.118. The molecule has 5 rings (SSSR count). The number of carbonyl (C=O) groups excluding carboxylic acids is 1. The Morgan fingerprint density at radius 3 is 3.03 bits per heavy atom. The Morgan fingerprint density at radius 2 is 2.19 bits per heavy atom. The summed E-state index contributed by atoms with van der Waals surface area (Å²) >= 11 is 4.73. The highest BCUT2D eigenvalue weighted by Gasteiger charge is 2.23. The van der Waals surface area contributed by atoms with Crippen LogP contribution in [0, 0.1) is 0 Å². The summed E-state index contributed by atoms with van der Waals surface area (Å²) in [6.07, 6.45) is 5.48. The van der Waals surface area contributed by atoms with E-state index in [9.17, 15) is 9.90 Å². The van der Waals surface area contributed by atoms with Crippen LogP contribution in [0.4, 0.5) is 0 Å². The Labute approximate surface area is 197 Å². The predicted molar refractivity (Wildman–Crippen MR) is 129 cm³/mol. The fourth-order valence-corrected chi connectivity index (χ4v) is 5.33. The average Bonchev–Trinajstić information content (AvgIpc) is 3.32. The Bertz CT molecular complexity index is 1380. The number of aromatic hydroxyl groups is 1. The van der Waals surface area contributed by atoms with E-state index in [0.29, 0.717) is 15.6 Å². The lowest BCUT2D eigenvalue weighted by Crippen LogP contribution is -2.20. The number of rotatable bonds is 5. The number of halogens is 1. The molecular formula is C23H21BrN4O3S. The SMILES string of the molecule is Cn1c(SCC(=O)NN=Cc2c(O)c(Br)cc3oc4c(c23)CCCC4)nc2ccccc21. The molecule has 2 aromatic heterocycles. The lowest BCUT2D eigenvalue weighted by Gasteiger charge is -2.10. The van der Waals surface area contributed by atoms with Gasteiger partial charge in [-0.05, 0) is 53.4 Å². The molecule has 32 heavy (non-hydrogen) atoms. The summed E-state index contributed by atoms with van der Waals surface area (Å²) < 4.78 is 8.51. The van der Waals surface area contributed by atoms with Crippen LogP contribution in [0.2, 0.25) is 0 Å². The highest BCUT2D eigenvalue weighted by molar-refractivity contribution is 9.10. The summed E-state index contributed by atoms with van der Waals surface area (Å²) in [5.74, 6) is 0.980. The van der Waals surface area contributed by atoms with Crippen molar-refractivity contribution in [2.24, 2.45) is 12.1 Å². The number of amides is 1. The Balaban J connectivity index is 1.32. The second-order valence-electron chi connectivity index (χ2n) is 7.73. The van der Waals surface area contributed by atoms with Crippen molar-refractivity contribution in [2.45, 2.75) is 30.8 Å². The number of benzene rings is 2. The fourth-order valence-electron chi connectivity index (χ4n) is 4.12. The van der Waals surface area contributed by atoms with Crippen molar-refractivity contribution >= 4 is 61.8 Å². The molecule has 0 saturated heterocycles. The molecule has 0 aliphatic heterocycles. The topological polar surface area (TPSA) is 92.7 Å². The van der Waals surface area contributed by atoms with Crippen molar-refractivity contribution in [1.29, 1.82) is 0 Å². The van der Waals surface area contributed by atoms with Crippen molar-refractivity contribution in [3.05, 3.63) is 51.7 Å². The Kier molecular flexibility index (Phi) is 5.69. The number of hydrogen-bond donors (Lipinski definition) is 2. The molecule has 4 aromatic rings. The number of phenolic OH excluding ortho intramolecular Hbond substituents is 1. The molecule has 7 nitrogen and oxygen atoms in total. The summed E-state index contributed by atoms with van der Waals surface area (Å²) in [6.45, 7) is 0. The van der Waals surface area contributed by atoms with Gasteiger partial charge in [0.2, 0.25) is 0 Å². The number of fused-ring (bicyclic) bond motifs is 4. The smallest absolute Gasteiger partial charge is 0.250 e. The van der Waals surface area contributed by atoms with Crippen LogP contribution in [-0.4, -0.2) is 32.5 Å². The number of nitrogens with zero attached hydrogens (tertiary/aromatic N) is 3. The first kappa shape index (κ1) is 21.1. The Hall–Kier alpha value is -2.78. The van der Waals surface area contributed by atoms with Crippen LogP contribution in [0.5, 0.6) is 5.75 Å². The lowest BCUT2D eigenvalue weighted by atomic mass is 9.94. The highest BCUT2D eigenvalue weighted by Crippen LogP contribution is 2.40. The molecule has 0 saturated carbocycles. The van der Waals surface area contributed by atoms with E-state index < -0.39 is 0 Å². The fraction of sp³-hybridized carbons (Fsp3) is 0.261. The standard InChI is InChI=1S/C23H21BrN4O3S/c1-28-17-8-4-3-7-16(17)26-23(28)32-12-20(29)27-25-11-14-21-13-6-2-5-9-18(13)31-19(21)10-15(24)22(14)30/h3-4,7-8,10-11,30H,2,5-6,9,12H2,1H3,(H,27,29). The van der Waals surface area contributed by atoms with Gasteiger partial charge < -0.3 is 14.1 Å². The van der Waals surface area contributed by atoms with Crippen molar-refractivity contribution in [1.82, 2.24) is 15.0 Å². The first-order valence-corrected chi connectivity index (χ1v) is 12.1. The van der Waals surface area contributed by atoms with Crippen LogP contribution in [0.1, 0.15) is 29.7 Å². The molecule has 0 spiro atoms. The molecule has 0 bridgehead atoms. The molecule has 0 radical (unpaired) electrons. The van der Waals surface area contributed by atoms with Crippen LogP contribution in [0.3, 0.4) is 0 Å². The molecule has 0 fully saturated rings. The molecule has 2 N–H and O–H groups in total. The van der Waals surface area contributed by atoms with Gasteiger partial charge in [-0.15, -0.1) is 0 Å². The molecule has 9 heteroatoms. The van der Waals surface area contributed by atoms with Crippen LogP contribution in [0.15, 0.2) is 49.5 Å². The van der Waals surface area contributed by atoms with Crippen molar-refractivity contribution in [3.63, 3.8) is 0 Å². The van der Waals surface area contributed by atoms with Gasteiger partial charge in [-0.3, -0.25) is 4.79 Å². The molecule has 1 aliphatic rings. The number of thioether (sulfide) groups is 1. The third kappa shape index (κ3) is 3.80. The molecule has 164 valence electrons. The third-order valence-electron chi connectivity index (χ3n) is 5.67. The van der Waals surface area contributed by atoms with E-state index in [2.05, 4.69) is 31.4 Å². The first-order valence-electron chi connectivity index (χ1n) is 10.3. The van der Waals surface area contributed by atoms with Gasteiger partial charge in [0, 0.05) is 30.0 Å². The van der Waals surface area contributed by atoms with E-state index in [4.69, 9.17) is 4.42 Å². The van der Waals surface area contributed by atoms with Gasteiger partial charge in [-0.25, -0.2) is 10.4 Å². The minimum atomic E-state index is -0.252. The number of imidazole rings is 1. The number of hydrogen-bond acceptors (Lipinski definition) is 6. The number of phenols is 1. The van der Waals surface area contributed by atoms with Gasteiger partial charge >= 0.3 is 0 Å². The van der Waals surface area contributed by atoms with E-state index in [1.807, 2.05) is 35.9 Å². The van der Waals surface area contributed by atoms with E-state index >= 15 is 0 Å². The van der Waals surface area contributed by atoms with Gasteiger partial charge in [-0.1, -0.05) is 23.9 Å². The number of aryl methyl sites for hydroxylation is 3. The quantitative estimate of drug-likeness (QED) is 0.225. The molecule has 0 unspecified atom stereocenters. The highest BCUT2D eigenvalue weighted by atomic mass is 79.9. The minimum Gasteiger partial charge on any atom is -0.506 e. The maximum atomic E-state index is 12.4. The summed E-state index contributed by atoms with van der Waals surface area (Å²) in [5, 5.41) is 16.4. The molecule has 2 aromatic carbocycles. The number of carbonyl (C=O) groups is 1. The molecule has 2 heterocycles. The summed E-state index contributed by atoms with van der Waals surface area (Å²) in [5.41, 5.74) is 6.85. The van der Waals surface area contributed by atoms with Crippen LogP contribution in [0.25, 0.3) is 22.0 Å². The molecular weight excluding hydrogens is 492 g/mol. The normalized spacial score (nSPS) is 13.8. The van der Waals surface area contributed by atoms with Crippen LogP contribution in [-0.2, 0) is 24.7 Å². The summed E-state index contributed by atoms with van der Waals surface area (Å²) in [4.78, 5) is 16.9. The van der Waals surface area contributed by atoms with E-state index in [-0.39, 0.29) is 17.4 Å². The van der Waals surface area contributed by atoms with Gasteiger partial charge in [0.25, 0.3) is 5.91 Å². The zero-order chi connectivity index (χ0) is 22.2. The van der Waals surface area contributed by atoms with Crippen molar-refractivity contribution in [2.75, 3.05) is 5.75 Å². The number of furan rings is 1. The van der Waals surface area contributed by atoms with Gasteiger partial charge in [-0.2, -0.15) is 5.10 Å². The first-order chi connectivity index (χ1) is 15.5. The second kappa shape index (κ2) is 8.63. The van der Waals surface area contributed by atoms with Crippen LogP contribution < -0.4 is 5.43 Å². The number of nitrogens with one attached hydrogen (secondary N) is 1. The molecule has 1 amide bonds. The monoisotopic (exact) mass is 512 g/mol. The second-order valence-corrected chi connectivity index (χ2v) is 9.53. The van der Waals surface area contributed by atoms with E-state index in [1.54, 1.807) is 6.07 Å². The molecule has 1 aliphatic carbocycles. The van der Waals surface area contributed by atoms with Gasteiger partial charge in [0.1, 0.15) is 17.1 Å². The zero-order valence-corrected chi connectivity index (χ0v) is 19.8. The van der Waals surface area contributed by atoms with Gasteiger partial charge in [0.05, 0.1) is 27.5 Å². The van der Waals surface area contributed by atoms with E-state index in [0.717, 1.165) is 58.6 Å². The maximum absolute atomic E-state index is 12.4. The van der Waals surface area contributed by atoms with Crippen molar-refractivity contribution in [3.8, 4) is 5.75 Å². The van der Waals surface area contributed by atoms with Crippen LogP contribution >= 0.6 is 27.7 Å². The third-order valence-corrected chi connectivity index (χ3v) is 7.30. The predicted octanol–water partition coefficient (Wildman–Crippen LogP) is 4.91. The van der Waals surface area contributed by atoms with Gasteiger partial charge in [0.15, 0.2) is 5.16 Å². The van der Waals surface area contributed by atoms with E-state index in [1.165, 1.54) is 18.0 Å². The summed E-state index contributed by atoms with van der Waals surface area (Å²) in [7, 11) is 1.93. The largest absolute Gasteiger partial charge is 0.506 e. The molecule has 0 atom stereocenters.